The van der Waals surface area contributed by atoms with E-state index in [-0.39, 0.29) is 0 Å². The van der Waals surface area contributed by atoms with Crippen LogP contribution in [0.15, 0.2) is 259 Å². The number of para-hydroxylation sites is 4. The smallest absolute Gasteiger partial charge is 0.136 e. The topological polar surface area (TPSA) is 21.3 Å². The van der Waals surface area contributed by atoms with E-state index in [1.54, 1.807) is 0 Å². The van der Waals surface area contributed by atoms with Crippen LogP contribution >= 0.6 is 0 Å². The monoisotopic (exact) mass is 854 g/mol. The molecule has 0 aliphatic carbocycles. The van der Waals surface area contributed by atoms with Crippen molar-refractivity contribution in [3.63, 3.8) is 0 Å². The highest BCUT2D eigenvalue weighted by Gasteiger charge is 2.22. The SMILES string of the molecule is c1ccc(-c2ccc(-c3ccc4ccccc4c3)cc2N(c2ccc(-c3ccccc3-n3c4ccccc4c4ccccc43)cc2)c2cccc(-c3cccc4oc5ccccc5c34)c2)cc1. The highest BCUT2D eigenvalue weighted by molar-refractivity contribution is 6.13. The van der Waals surface area contributed by atoms with Crippen molar-refractivity contribution in [2.75, 3.05) is 4.90 Å². The fourth-order valence-electron chi connectivity index (χ4n) is 10.3. The number of hydrogen-bond acceptors (Lipinski definition) is 2. The van der Waals surface area contributed by atoms with E-state index < -0.39 is 0 Å². The number of anilines is 3. The first-order valence-electron chi connectivity index (χ1n) is 22.9. The highest BCUT2D eigenvalue weighted by Crippen LogP contribution is 2.46. The summed E-state index contributed by atoms with van der Waals surface area (Å²) in [6.07, 6.45) is 0. The second-order valence-corrected chi connectivity index (χ2v) is 17.3. The minimum atomic E-state index is 0.882. The molecule has 2 heterocycles. The summed E-state index contributed by atoms with van der Waals surface area (Å²) >= 11 is 0. The number of benzene rings is 11. The normalized spacial score (nSPS) is 11.6. The molecule has 0 saturated heterocycles. The first-order chi connectivity index (χ1) is 33.2. The van der Waals surface area contributed by atoms with Crippen LogP contribution < -0.4 is 4.90 Å². The van der Waals surface area contributed by atoms with Gasteiger partial charge in [0.15, 0.2) is 0 Å². The van der Waals surface area contributed by atoms with E-state index in [2.05, 4.69) is 258 Å². The number of hydrogen-bond donors (Lipinski definition) is 0. The van der Waals surface area contributed by atoms with Crippen LogP contribution in [0.4, 0.5) is 17.1 Å². The predicted octanol–water partition coefficient (Wildman–Crippen LogP) is 18.0. The van der Waals surface area contributed by atoms with E-state index in [1.807, 2.05) is 6.07 Å². The Hall–Kier alpha value is -8.92. The van der Waals surface area contributed by atoms with Crippen LogP contribution in [0.1, 0.15) is 0 Å². The zero-order valence-corrected chi connectivity index (χ0v) is 36.6. The molecule has 3 nitrogen and oxygen atoms in total. The molecule has 67 heavy (non-hydrogen) atoms. The molecule has 0 radical (unpaired) electrons. The number of rotatable bonds is 8. The van der Waals surface area contributed by atoms with Crippen LogP contribution in [-0.2, 0) is 0 Å². The molecule has 314 valence electrons. The van der Waals surface area contributed by atoms with Crippen molar-refractivity contribution in [2.24, 2.45) is 0 Å². The van der Waals surface area contributed by atoms with Gasteiger partial charge in [-0.1, -0.05) is 188 Å². The summed E-state index contributed by atoms with van der Waals surface area (Å²) in [6.45, 7) is 0. The third kappa shape index (κ3) is 6.59. The fourth-order valence-corrected chi connectivity index (χ4v) is 10.3. The summed E-state index contributed by atoms with van der Waals surface area (Å²) < 4.78 is 8.80. The summed E-state index contributed by atoms with van der Waals surface area (Å²) in [7, 11) is 0. The third-order valence-corrected chi connectivity index (χ3v) is 13.4. The summed E-state index contributed by atoms with van der Waals surface area (Å²) in [5, 5.41) is 7.18. The maximum Gasteiger partial charge on any atom is 0.136 e. The van der Waals surface area contributed by atoms with Crippen LogP contribution in [0, 0.1) is 0 Å². The van der Waals surface area contributed by atoms with E-state index >= 15 is 0 Å². The van der Waals surface area contributed by atoms with Crippen molar-refractivity contribution in [3.8, 4) is 50.2 Å². The number of furan rings is 1. The van der Waals surface area contributed by atoms with Crippen LogP contribution in [0.2, 0.25) is 0 Å². The largest absolute Gasteiger partial charge is 0.456 e. The molecular formula is C64H42N2O. The van der Waals surface area contributed by atoms with Crippen LogP contribution in [0.3, 0.4) is 0 Å². The molecule has 0 aliphatic heterocycles. The highest BCUT2D eigenvalue weighted by atomic mass is 16.3. The summed E-state index contributed by atoms with van der Waals surface area (Å²) in [5.41, 5.74) is 17.6. The minimum Gasteiger partial charge on any atom is -0.456 e. The maximum absolute atomic E-state index is 6.39. The molecule has 3 heteroatoms. The van der Waals surface area contributed by atoms with Crippen molar-refractivity contribution in [1.82, 2.24) is 4.57 Å². The molecule has 0 spiro atoms. The summed E-state index contributed by atoms with van der Waals surface area (Å²) in [5.74, 6) is 0. The second kappa shape index (κ2) is 16.0. The lowest BCUT2D eigenvalue weighted by atomic mass is 9.95. The molecule has 13 aromatic rings. The van der Waals surface area contributed by atoms with Crippen LogP contribution in [0.25, 0.3) is 105 Å². The van der Waals surface area contributed by atoms with Gasteiger partial charge in [0, 0.05) is 44.0 Å². The van der Waals surface area contributed by atoms with Gasteiger partial charge in [0.1, 0.15) is 11.2 Å². The first kappa shape index (κ1) is 38.5. The quantitative estimate of drug-likeness (QED) is 0.152. The molecule has 2 aromatic heterocycles. The molecule has 0 atom stereocenters. The van der Waals surface area contributed by atoms with E-state index in [9.17, 15) is 0 Å². The molecule has 0 aliphatic rings. The van der Waals surface area contributed by atoms with Gasteiger partial charge in [0.05, 0.1) is 22.4 Å². The minimum absolute atomic E-state index is 0.882. The van der Waals surface area contributed by atoms with Crippen molar-refractivity contribution in [3.05, 3.63) is 255 Å². The lowest BCUT2D eigenvalue weighted by Crippen LogP contribution is -2.11. The van der Waals surface area contributed by atoms with Gasteiger partial charge in [-0.25, -0.2) is 0 Å². The lowest BCUT2D eigenvalue weighted by molar-refractivity contribution is 0.669. The van der Waals surface area contributed by atoms with Gasteiger partial charge in [-0.2, -0.15) is 0 Å². The van der Waals surface area contributed by atoms with E-state index in [0.717, 1.165) is 83.6 Å². The Bertz CT molecular complexity index is 3940. The Morgan fingerprint density at radius 1 is 0.313 bits per heavy atom. The zero-order valence-electron chi connectivity index (χ0n) is 36.6. The van der Waals surface area contributed by atoms with E-state index in [0.29, 0.717) is 0 Å². The Morgan fingerprint density at radius 2 is 0.896 bits per heavy atom. The van der Waals surface area contributed by atoms with Gasteiger partial charge in [-0.3, -0.25) is 0 Å². The summed E-state index contributed by atoms with van der Waals surface area (Å²) in [4.78, 5) is 2.44. The molecule has 0 saturated carbocycles. The molecule has 0 bridgehead atoms. The fraction of sp³-hybridized carbons (Fsp3) is 0. The van der Waals surface area contributed by atoms with Gasteiger partial charge in [-0.05, 0) is 111 Å². The number of aromatic nitrogens is 1. The molecule has 0 amide bonds. The Labute approximate surface area is 388 Å². The Kier molecular flexibility index (Phi) is 9.17. The van der Waals surface area contributed by atoms with Gasteiger partial charge >= 0.3 is 0 Å². The lowest BCUT2D eigenvalue weighted by Gasteiger charge is -2.29. The molecule has 13 rings (SSSR count). The van der Waals surface area contributed by atoms with Gasteiger partial charge in [0.25, 0.3) is 0 Å². The molecule has 0 fully saturated rings. The van der Waals surface area contributed by atoms with E-state index in [4.69, 9.17) is 4.42 Å². The van der Waals surface area contributed by atoms with Crippen molar-refractivity contribution in [2.45, 2.75) is 0 Å². The van der Waals surface area contributed by atoms with Gasteiger partial charge in [-0.15, -0.1) is 0 Å². The molecular weight excluding hydrogens is 813 g/mol. The number of nitrogens with zero attached hydrogens (tertiary/aromatic N) is 2. The van der Waals surface area contributed by atoms with Crippen LogP contribution in [0.5, 0.6) is 0 Å². The summed E-state index contributed by atoms with van der Waals surface area (Å²) in [6, 6.07) is 92.1. The van der Waals surface area contributed by atoms with Crippen LogP contribution in [-0.4, -0.2) is 4.57 Å². The van der Waals surface area contributed by atoms with Gasteiger partial charge < -0.3 is 13.9 Å². The van der Waals surface area contributed by atoms with Gasteiger partial charge in [0.2, 0.25) is 0 Å². The molecule has 11 aromatic carbocycles. The van der Waals surface area contributed by atoms with Crippen molar-refractivity contribution >= 4 is 71.6 Å². The molecule has 0 unspecified atom stereocenters. The second-order valence-electron chi connectivity index (χ2n) is 17.3. The van der Waals surface area contributed by atoms with Crippen molar-refractivity contribution < 1.29 is 4.42 Å². The Balaban J connectivity index is 1.01. The predicted molar refractivity (Wildman–Crippen MR) is 282 cm³/mol. The number of fused-ring (bicyclic) bond motifs is 7. The standard InChI is InChI=1S/C64H42N2O/c1-2-17-44(18-3-1)53-39-36-48(47-33-32-43-16-4-5-19-46(43)40-47)42-61(53)65(51-21-14-20-49(41-51)54-26-15-31-63-64(54)57-25-9-13-30-62(57)67-63)50-37-34-45(35-38-50)52-22-6-10-27-58(52)66-59-28-11-7-23-55(59)56-24-8-12-29-60(56)66/h1-42H. The molecule has 0 N–H and O–H groups in total. The average Bonchev–Trinajstić information content (AvgIpc) is 3.95. The van der Waals surface area contributed by atoms with Crippen molar-refractivity contribution in [1.29, 1.82) is 0 Å². The zero-order chi connectivity index (χ0) is 44.3. The average molecular weight is 855 g/mol. The third-order valence-electron chi connectivity index (χ3n) is 13.4. The first-order valence-corrected chi connectivity index (χ1v) is 22.9. The van der Waals surface area contributed by atoms with E-state index in [1.165, 1.54) is 38.1 Å². The Morgan fingerprint density at radius 3 is 1.72 bits per heavy atom. The maximum atomic E-state index is 6.39.